The van der Waals surface area contributed by atoms with E-state index in [1.165, 1.54) is 11.1 Å². The van der Waals surface area contributed by atoms with Crippen LogP contribution in [0.1, 0.15) is 24.0 Å². The number of hydrogen-bond donors (Lipinski definition) is 3. The first-order chi connectivity index (χ1) is 13.4. The lowest BCUT2D eigenvalue weighted by Crippen LogP contribution is -2.15. The molecule has 0 aliphatic rings. The zero-order valence-electron chi connectivity index (χ0n) is 16.2. The number of carboxylic acids is 2. The molecule has 2 aromatic rings. The van der Waals surface area contributed by atoms with Crippen LogP contribution in [-0.4, -0.2) is 42.4 Å². The summed E-state index contributed by atoms with van der Waals surface area (Å²) < 4.78 is 11.1. The maximum atomic E-state index is 9.10. The van der Waals surface area contributed by atoms with Gasteiger partial charge in [-0.2, -0.15) is 0 Å². The molecule has 0 heterocycles. The van der Waals surface area contributed by atoms with Gasteiger partial charge in [0.15, 0.2) is 11.5 Å². The van der Waals surface area contributed by atoms with Gasteiger partial charge in [-0.15, -0.1) is 0 Å². The second-order valence-corrected chi connectivity index (χ2v) is 5.98. The Morgan fingerprint density at radius 2 is 1.64 bits per heavy atom. The topological polar surface area (TPSA) is 105 Å². The number of methoxy groups -OCH3 is 1. The van der Waals surface area contributed by atoms with Gasteiger partial charge in [-0.1, -0.05) is 36.4 Å². The highest BCUT2D eigenvalue weighted by molar-refractivity contribution is 6.27. The third kappa shape index (κ3) is 9.59. The van der Waals surface area contributed by atoms with Crippen LogP contribution >= 0.6 is 0 Å². The van der Waals surface area contributed by atoms with E-state index in [0.717, 1.165) is 37.4 Å². The number of benzene rings is 2. The first-order valence-electron chi connectivity index (χ1n) is 8.92. The molecule has 2 aromatic carbocycles. The van der Waals surface area contributed by atoms with Crippen LogP contribution in [0.25, 0.3) is 0 Å². The standard InChI is InChI=1S/C19H25NO2.C2H2O4/c1-16-10-11-18(19(14-16)21-2)22-13-7-6-12-20-15-17-8-4-3-5-9-17;3-1(4)2(5)6/h3-5,8-11,14,20H,6-7,12-13,15H2,1-2H3;(H,3,4)(H,5,6). The molecule has 0 aliphatic carbocycles. The summed E-state index contributed by atoms with van der Waals surface area (Å²) in [7, 11) is 1.68. The van der Waals surface area contributed by atoms with E-state index in [0.29, 0.717) is 6.61 Å². The van der Waals surface area contributed by atoms with Crippen LogP contribution in [0.3, 0.4) is 0 Å². The molecule has 0 spiro atoms. The number of unbranched alkanes of at least 4 members (excludes halogenated alkanes) is 1. The van der Waals surface area contributed by atoms with Gasteiger partial charge >= 0.3 is 11.9 Å². The van der Waals surface area contributed by atoms with Gasteiger partial charge in [0, 0.05) is 6.54 Å². The van der Waals surface area contributed by atoms with Gasteiger partial charge in [0.2, 0.25) is 0 Å². The normalized spacial score (nSPS) is 9.79. The number of carboxylic acid groups (broad SMARTS) is 2. The molecule has 0 fully saturated rings. The van der Waals surface area contributed by atoms with Crippen molar-refractivity contribution in [1.82, 2.24) is 5.32 Å². The zero-order valence-corrected chi connectivity index (χ0v) is 16.2. The average Bonchev–Trinajstić information content (AvgIpc) is 2.69. The van der Waals surface area contributed by atoms with Gasteiger partial charge in [0.25, 0.3) is 0 Å². The Hall–Kier alpha value is -3.06. The third-order valence-corrected chi connectivity index (χ3v) is 3.68. The van der Waals surface area contributed by atoms with E-state index >= 15 is 0 Å². The van der Waals surface area contributed by atoms with Crippen molar-refractivity contribution in [3.63, 3.8) is 0 Å². The number of aryl methyl sites for hydroxylation is 1. The van der Waals surface area contributed by atoms with Gasteiger partial charge in [0.05, 0.1) is 13.7 Å². The Kier molecular flexibility index (Phi) is 10.8. The minimum atomic E-state index is -1.82. The van der Waals surface area contributed by atoms with Gasteiger partial charge < -0.3 is 25.0 Å². The molecule has 0 amide bonds. The van der Waals surface area contributed by atoms with Gasteiger partial charge in [-0.05, 0) is 49.6 Å². The quantitative estimate of drug-likeness (QED) is 0.447. The molecule has 2 rings (SSSR count). The Morgan fingerprint density at radius 1 is 0.964 bits per heavy atom. The van der Waals surface area contributed by atoms with Crippen molar-refractivity contribution in [2.24, 2.45) is 0 Å². The fourth-order valence-electron chi connectivity index (χ4n) is 2.26. The van der Waals surface area contributed by atoms with E-state index in [-0.39, 0.29) is 0 Å². The van der Waals surface area contributed by atoms with Gasteiger partial charge in [0.1, 0.15) is 0 Å². The fourth-order valence-corrected chi connectivity index (χ4v) is 2.26. The minimum Gasteiger partial charge on any atom is -0.493 e. The number of carbonyl (C=O) groups is 2. The molecule has 7 heteroatoms. The molecule has 3 N–H and O–H groups in total. The molecule has 0 saturated carbocycles. The first kappa shape index (κ1) is 23.0. The number of rotatable bonds is 9. The van der Waals surface area contributed by atoms with Crippen molar-refractivity contribution < 1.29 is 29.3 Å². The second kappa shape index (κ2) is 13.2. The van der Waals surface area contributed by atoms with Crippen molar-refractivity contribution >= 4 is 11.9 Å². The Labute approximate surface area is 164 Å². The number of aliphatic carboxylic acids is 2. The molecule has 0 aliphatic heterocycles. The molecule has 152 valence electrons. The SMILES string of the molecule is COc1cc(C)ccc1OCCCCNCc1ccccc1.O=C(O)C(=O)O. The summed E-state index contributed by atoms with van der Waals surface area (Å²) in [5.41, 5.74) is 2.50. The van der Waals surface area contributed by atoms with Gasteiger partial charge in [-0.3, -0.25) is 0 Å². The molecular formula is C21H27NO6. The van der Waals surface area contributed by atoms with Crippen LogP contribution in [0.15, 0.2) is 48.5 Å². The summed E-state index contributed by atoms with van der Waals surface area (Å²) in [5.74, 6) is -2.02. The van der Waals surface area contributed by atoms with Crippen LogP contribution in [-0.2, 0) is 16.1 Å². The summed E-state index contributed by atoms with van der Waals surface area (Å²) in [6.45, 7) is 4.69. The van der Waals surface area contributed by atoms with Crippen LogP contribution in [0.2, 0.25) is 0 Å². The molecular weight excluding hydrogens is 362 g/mol. The van der Waals surface area contributed by atoms with Gasteiger partial charge in [-0.25, -0.2) is 9.59 Å². The zero-order chi connectivity index (χ0) is 20.8. The highest BCUT2D eigenvalue weighted by Crippen LogP contribution is 2.27. The molecule has 0 unspecified atom stereocenters. The van der Waals surface area contributed by atoms with Crippen molar-refractivity contribution in [2.75, 3.05) is 20.3 Å². The molecule has 28 heavy (non-hydrogen) atoms. The van der Waals surface area contributed by atoms with E-state index in [2.05, 4.69) is 29.6 Å². The molecule has 7 nitrogen and oxygen atoms in total. The number of nitrogens with one attached hydrogen (secondary N) is 1. The Balaban J connectivity index is 0.000000568. The van der Waals surface area contributed by atoms with Crippen molar-refractivity contribution in [3.05, 3.63) is 59.7 Å². The third-order valence-electron chi connectivity index (χ3n) is 3.68. The van der Waals surface area contributed by atoms with Crippen molar-refractivity contribution in [1.29, 1.82) is 0 Å². The number of hydrogen-bond acceptors (Lipinski definition) is 5. The van der Waals surface area contributed by atoms with E-state index in [9.17, 15) is 0 Å². The lowest BCUT2D eigenvalue weighted by molar-refractivity contribution is -0.159. The average molecular weight is 389 g/mol. The Morgan fingerprint density at radius 3 is 2.25 bits per heavy atom. The van der Waals surface area contributed by atoms with E-state index < -0.39 is 11.9 Å². The number of ether oxygens (including phenoxy) is 2. The molecule has 0 bridgehead atoms. The maximum Gasteiger partial charge on any atom is 0.414 e. The molecule has 0 atom stereocenters. The monoisotopic (exact) mass is 389 g/mol. The predicted octanol–water partition coefficient (Wildman–Crippen LogP) is 3.11. The predicted molar refractivity (Wildman–Crippen MR) is 106 cm³/mol. The summed E-state index contributed by atoms with van der Waals surface area (Å²) in [6, 6.07) is 16.5. The van der Waals surface area contributed by atoms with E-state index in [1.54, 1.807) is 7.11 Å². The van der Waals surface area contributed by atoms with Crippen LogP contribution in [0, 0.1) is 6.92 Å². The highest BCUT2D eigenvalue weighted by atomic mass is 16.5. The highest BCUT2D eigenvalue weighted by Gasteiger charge is 2.04. The summed E-state index contributed by atoms with van der Waals surface area (Å²) >= 11 is 0. The maximum absolute atomic E-state index is 9.10. The smallest absolute Gasteiger partial charge is 0.414 e. The molecule has 0 radical (unpaired) electrons. The largest absolute Gasteiger partial charge is 0.493 e. The minimum absolute atomic E-state index is 0.715. The molecule has 0 aromatic heterocycles. The Bertz CT molecular complexity index is 721. The van der Waals surface area contributed by atoms with Crippen molar-refractivity contribution in [2.45, 2.75) is 26.3 Å². The van der Waals surface area contributed by atoms with Crippen LogP contribution < -0.4 is 14.8 Å². The van der Waals surface area contributed by atoms with Crippen LogP contribution in [0.5, 0.6) is 11.5 Å². The van der Waals surface area contributed by atoms with E-state index in [4.69, 9.17) is 29.3 Å². The fraction of sp³-hybridized carbons (Fsp3) is 0.333. The van der Waals surface area contributed by atoms with Crippen LogP contribution in [0.4, 0.5) is 0 Å². The van der Waals surface area contributed by atoms with Crippen molar-refractivity contribution in [3.8, 4) is 11.5 Å². The lowest BCUT2D eigenvalue weighted by Gasteiger charge is -2.11. The lowest BCUT2D eigenvalue weighted by atomic mass is 10.2. The van der Waals surface area contributed by atoms with E-state index in [1.807, 2.05) is 31.2 Å². The summed E-state index contributed by atoms with van der Waals surface area (Å²) in [4.78, 5) is 18.2. The first-order valence-corrected chi connectivity index (χ1v) is 8.92. The molecule has 0 saturated heterocycles. The summed E-state index contributed by atoms with van der Waals surface area (Å²) in [5, 5.41) is 18.2. The second-order valence-electron chi connectivity index (χ2n) is 5.98. The summed E-state index contributed by atoms with van der Waals surface area (Å²) in [6.07, 6.45) is 2.12.